The highest BCUT2D eigenvalue weighted by atomic mass is 35.5. The van der Waals surface area contributed by atoms with E-state index in [9.17, 15) is 4.21 Å². The minimum Gasteiger partial charge on any atom is -0.252 e. The van der Waals surface area contributed by atoms with Gasteiger partial charge in [0.05, 0.1) is 10.8 Å². The lowest BCUT2D eigenvalue weighted by Crippen LogP contribution is -2.10. The molecule has 0 heterocycles. The van der Waals surface area contributed by atoms with E-state index in [0.29, 0.717) is 5.92 Å². The Kier molecular flexibility index (Phi) is 2.20. The van der Waals surface area contributed by atoms with Gasteiger partial charge in [0.1, 0.15) is 4.21 Å². The van der Waals surface area contributed by atoms with Crippen molar-refractivity contribution in [3.63, 3.8) is 0 Å². The zero-order valence-electron chi connectivity index (χ0n) is 7.37. The Hall–Kier alpha value is -0.340. The predicted octanol–water partition coefficient (Wildman–Crippen LogP) is 2.77. The van der Waals surface area contributed by atoms with E-state index in [1.54, 1.807) is 0 Å². The Morgan fingerprint density at radius 2 is 2.00 bits per heavy atom. The van der Waals surface area contributed by atoms with Crippen LogP contribution >= 0.6 is 11.6 Å². The van der Waals surface area contributed by atoms with Crippen molar-refractivity contribution < 1.29 is 4.21 Å². The second-order valence-corrected chi connectivity index (χ2v) is 6.11. The Morgan fingerprint density at radius 3 is 2.46 bits per heavy atom. The maximum Gasteiger partial charge on any atom is 0.127 e. The third-order valence-electron chi connectivity index (χ3n) is 2.43. The summed E-state index contributed by atoms with van der Waals surface area (Å²) in [6.07, 6.45) is 0.857. The predicted molar refractivity (Wildman–Crippen MR) is 55.2 cm³/mol. The summed E-state index contributed by atoms with van der Waals surface area (Å²) in [5.74, 6) is 0.371. The van der Waals surface area contributed by atoms with Crippen LogP contribution in [0.15, 0.2) is 35.2 Å². The number of rotatable bonds is 2. The molecule has 0 saturated heterocycles. The molecule has 1 fully saturated rings. The fraction of sp³-hybridized carbons (Fsp3) is 0.400. The van der Waals surface area contributed by atoms with E-state index < -0.39 is 15.0 Å². The number of benzene rings is 1. The van der Waals surface area contributed by atoms with Crippen LogP contribution in [0.3, 0.4) is 0 Å². The SMILES string of the molecule is C[C@@H]1C[C@]1(Cl)[S@@](=O)c1ccccc1. The largest absolute Gasteiger partial charge is 0.252 e. The van der Waals surface area contributed by atoms with Crippen LogP contribution < -0.4 is 0 Å². The fourth-order valence-corrected chi connectivity index (χ4v) is 3.42. The summed E-state index contributed by atoms with van der Waals surface area (Å²) < 4.78 is 11.4. The molecule has 3 atom stereocenters. The van der Waals surface area contributed by atoms with E-state index in [2.05, 4.69) is 0 Å². The van der Waals surface area contributed by atoms with Crippen LogP contribution in [0.5, 0.6) is 0 Å². The standard InChI is InChI=1S/C10H11ClOS/c1-8-7-10(8,11)13(12)9-5-3-2-4-6-9/h2-6,8H,7H2,1H3/t8-,10+,13+/m1/s1. The summed E-state index contributed by atoms with van der Waals surface area (Å²) in [5, 5.41) is 0. The van der Waals surface area contributed by atoms with Crippen LogP contribution in [-0.2, 0) is 10.8 Å². The number of hydrogen-bond donors (Lipinski definition) is 0. The van der Waals surface area contributed by atoms with Crippen LogP contribution in [0.2, 0.25) is 0 Å². The second-order valence-electron chi connectivity index (χ2n) is 3.47. The average molecular weight is 215 g/mol. The molecule has 70 valence electrons. The van der Waals surface area contributed by atoms with Crippen LogP contribution in [-0.4, -0.2) is 8.42 Å². The smallest absolute Gasteiger partial charge is 0.127 e. The number of halogens is 1. The summed E-state index contributed by atoms with van der Waals surface area (Å²) >= 11 is 6.18. The quantitative estimate of drug-likeness (QED) is 0.692. The van der Waals surface area contributed by atoms with Gasteiger partial charge < -0.3 is 0 Å². The number of hydrogen-bond acceptors (Lipinski definition) is 1. The van der Waals surface area contributed by atoms with Gasteiger partial charge in [0.25, 0.3) is 0 Å². The third kappa shape index (κ3) is 1.53. The lowest BCUT2D eigenvalue weighted by Gasteiger charge is -2.06. The second kappa shape index (κ2) is 3.10. The molecule has 0 aromatic heterocycles. The first kappa shape index (κ1) is 9.22. The molecule has 3 heteroatoms. The maximum absolute atomic E-state index is 11.9. The summed E-state index contributed by atoms with van der Waals surface area (Å²) in [7, 11) is -1.05. The Labute approximate surface area is 85.6 Å². The molecule has 1 saturated carbocycles. The van der Waals surface area contributed by atoms with Gasteiger partial charge in [-0.1, -0.05) is 25.1 Å². The summed E-state index contributed by atoms with van der Waals surface area (Å²) in [4.78, 5) is 0.835. The fourth-order valence-electron chi connectivity index (χ4n) is 1.36. The molecule has 1 nitrogen and oxygen atoms in total. The molecule has 2 rings (SSSR count). The zero-order chi connectivity index (χ0) is 9.47. The first-order valence-corrected chi connectivity index (χ1v) is 5.83. The molecule has 0 bridgehead atoms. The van der Waals surface area contributed by atoms with Crippen molar-refractivity contribution in [2.75, 3.05) is 0 Å². The lowest BCUT2D eigenvalue weighted by atomic mass is 10.4. The zero-order valence-corrected chi connectivity index (χ0v) is 8.94. The first-order chi connectivity index (χ1) is 6.14. The minimum atomic E-state index is -1.05. The summed E-state index contributed by atoms with van der Waals surface area (Å²) in [6, 6.07) is 9.43. The molecule has 0 N–H and O–H groups in total. The molecule has 1 aliphatic rings. The van der Waals surface area contributed by atoms with Crippen LogP contribution in [0.25, 0.3) is 0 Å². The van der Waals surface area contributed by atoms with Crippen molar-refractivity contribution >= 4 is 22.4 Å². The van der Waals surface area contributed by atoms with E-state index in [-0.39, 0.29) is 0 Å². The van der Waals surface area contributed by atoms with Crippen molar-refractivity contribution in [2.24, 2.45) is 5.92 Å². The molecule has 0 aliphatic heterocycles. The van der Waals surface area contributed by atoms with E-state index in [1.807, 2.05) is 37.3 Å². The highest BCUT2D eigenvalue weighted by Gasteiger charge is 2.55. The van der Waals surface area contributed by atoms with Crippen LogP contribution in [0.4, 0.5) is 0 Å². The van der Waals surface area contributed by atoms with Crippen molar-refractivity contribution in [3.8, 4) is 0 Å². The summed E-state index contributed by atoms with van der Waals surface area (Å²) in [6.45, 7) is 2.04. The molecular weight excluding hydrogens is 204 g/mol. The lowest BCUT2D eigenvalue weighted by molar-refractivity contribution is 0.677. The first-order valence-electron chi connectivity index (χ1n) is 4.30. The Morgan fingerprint density at radius 1 is 1.46 bits per heavy atom. The van der Waals surface area contributed by atoms with Gasteiger partial charge in [0.2, 0.25) is 0 Å². The highest BCUT2D eigenvalue weighted by Crippen LogP contribution is 2.53. The van der Waals surface area contributed by atoms with Gasteiger partial charge in [-0.05, 0) is 24.5 Å². The molecular formula is C10H11ClOS. The molecule has 0 unspecified atom stereocenters. The van der Waals surface area contributed by atoms with Gasteiger partial charge >= 0.3 is 0 Å². The molecule has 1 aromatic rings. The topological polar surface area (TPSA) is 17.1 Å². The average Bonchev–Trinajstić information content (AvgIpc) is 2.76. The van der Waals surface area contributed by atoms with Gasteiger partial charge in [-0.15, -0.1) is 11.6 Å². The molecule has 0 amide bonds. The van der Waals surface area contributed by atoms with Gasteiger partial charge in [0.15, 0.2) is 0 Å². The van der Waals surface area contributed by atoms with Crippen molar-refractivity contribution in [1.29, 1.82) is 0 Å². The molecule has 1 aromatic carbocycles. The normalized spacial score (nSPS) is 34.2. The van der Waals surface area contributed by atoms with Crippen molar-refractivity contribution in [3.05, 3.63) is 30.3 Å². The van der Waals surface area contributed by atoms with E-state index in [4.69, 9.17) is 11.6 Å². The van der Waals surface area contributed by atoms with E-state index >= 15 is 0 Å². The maximum atomic E-state index is 11.9. The number of alkyl halides is 1. The molecule has 1 aliphatic carbocycles. The van der Waals surface area contributed by atoms with Gasteiger partial charge in [-0.2, -0.15) is 0 Å². The highest BCUT2D eigenvalue weighted by molar-refractivity contribution is 7.88. The van der Waals surface area contributed by atoms with Gasteiger partial charge in [0, 0.05) is 4.90 Å². The monoisotopic (exact) mass is 214 g/mol. The van der Waals surface area contributed by atoms with Gasteiger partial charge in [-0.25, -0.2) is 0 Å². The van der Waals surface area contributed by atoms with E-state index in [1.165, 1.54) is 0 Å². The molecule has 0 spiro atoms. The van der Waals surface area contributed by atoms with Crippen LogP contribution in [0, 0.1) is 5.92 Å². The molecule has 13 heavy (non-hydrogen) atoms. The molecule has 0 radical (unpaired) electrons. The van der Waals surface area contributed by atoms with Gasteiger partial charge in [-0.3, -0.25) is 4.21 Å². The minimum absolute atomic E-state index is 0.371. The Bertz CT molecular complexity index is 338. The third-order valence-corrected chi connectivity index (χ3v) is 5.26. The van der Waals surface area contributed by atoms with Crippen molar-refractivity contribution in [2.45, 2.75) is 22.4 Å². The van der Waals surface area contributed by atoms with E-state index in [0.717, 1.165) is 11.3 Å². The summed E-state index contributed by atoms with van der Waals surface area (Å²) in [5.41, 5.74) is 0. The van der Waals surface area contributed by atoms with Crippen molar-refractivity contribution in [1.82, 2.24) is 0 Å². The van der Waals surface area contributed by atoms with Crippen LogP contribution in [0.1, 0.15) is 13.3 Å². The Balaban J connectivity index is 2.25.